The third-order valence-electron chi connectivity index (χ3n) is 2.78. The number of aromatic nitrogens is 1. The third-order valence-corrected chi connectivity index (χ3v) is 2.78. The first-order valence-electron chi connectivity index (χ1n) is 6.00. The molecule has 1 aromatic heterocycles. The second kappa shape index (κ2) is 5.58. The summed E-state index contributed by atoms with van der Waals surface area (Å²) in [5.74, 6) is -0.215. The van der Waals surface area contributed by atoms with Crippen molar-refractivity contribution in [3.05, 3.63) is 54.0 Å². The van der Waals surface area contributed by atoms with E-state index >= 15 is 0 Å². The highest BCUT2D eigenvalue weighted by Gasteiger charge is 2.00. The zero-order valence-electron chi connectivity index (χ0n) is 9.99. The maximum atomic E-state index is 12.8. The van der Waals surface area contributed by atoms with Gasteiger partial charge in [0.1, 0.15) is 5.82 Å². The Morgan fingerprint density at radius 3 is 2.41 bits per heavy atom. The van der Waals surface area contributed by atoms with Crippen LogP contribution in [-0.4, -0.2) is 4.98 Å². The molecule has 2 rings (SSSR count). The SMILES string of the molecule is CCCCc1ccc(-c2ccc(F)cc2)nc1. The quantitative estimate of drug-likeness (QED) is 0.764. The van der Waals surface area contributed by atoms with E-state index in [0.717, 1.165) is 17.7 Å². The van der Waals surface area contributed by atoms with Gasteiger partial charge in [-0.25, -0.2) is 4.39 Å². The summed E-state index contributed by atoms with van der Waals surface area (Å²) in [6.07, 6.45) is 5.37. The Morgan fingerprint density at radius 2 is 1.82 bits per heavy atom. The second-order valence-electron chi connectivity index (χ2n) is 4.16. The highest BCUT2D eigenvalue weighted by atomic mass is 19.1. The normalized spacial score (nSPS) is 10.5. The van der Waals surface area contributed by atoms with Gasteiger partial charge in [0.05, 0.1) is 5.69 Å². The van der Waals surface area contributed by atoms with Crippen molar-refractivity contribution >= 4 is 0 Å². The smallest absolute Gasteiger partial charge is 0.123 e. The number of benzene rings is 1. The minimum atomic E-state index is -0.215. The van der Waals surface area contributed by atoms with E-state index in [9.17, 15) is 4.39 Å². The van der Waals surface area contributed by atoms with E-state index in [-0.39, 0.29) is 5.82 Å². The minimum absolute atomic E-state index is 0.215. The fraction of sp³-hybridized carbons (Fsp3) is 0.267. The lowest BCUT2D eigenvalue weighted by Crippen LogP contribution is -1.89. The molecule has 0 spiro atoms. The number of hydrogen-bond donors (Lipinski definition) is 0. The van der Waals surface area contributed by atoms with Crippen molar-refractivity contribution in [3.63, 3.8) is 0 Å². The van der Waals surface area contributed by atoms with Gasteiger partial charge in [-0.3, -0.25) is 4.98 Å². The van der Waals surface area contributed by atoms with E-state index in [1.807, 2.05) is 12.3 Å². The van der Waals surface area contributed by atoms with Crippen LogP contribution < -0.4 is 0 Å². The summed E-state index contributed by atoms with van der Waals surface area (Å²) in [6, 6.07) is 10.5. The standard InChI is InChI=1S/C15H16FN/c1-2-3-4-12-5-10-15(17-11-12)13-6-8-14(16)9-7-13/h5-11H,2-4H2,1H3. The van der Waals surface area contributed by atoms with Crippen LogP contribution in [0.4, 0.5) is 4.39 Å². The Morgan fingerprint density at radius 1 is 1.06 bits per heavy atom. The molecule has 0 radical (unpaired) electrons. The lowest BCUT2D eigenvalue weighted by atomic mass is 10.1. The number of aryl methyl sites for hydroxylation is 1. The van der Waals surface area contributed by atoms with E-state index in [1.165, 1.54) is 30.5 Å². The van der Waals surface area contributed by atoms with Crippen LogP contribution in [0.3, 0.4) is 0 Å². The molecule has 0 aliphatic carbocycles. The van der Waals surface area contributed by atoms with Crippen LogP contribution in [0.25, 0.3) is 11.3 Å². The van der Waals surface area contributed by atoms with E-state index in [2.05, 4.69) is 18.0 Å². The van der Waals surface area contributed by atoms with Crippen molar-refractivity contribution in [1.29, 1.82) is 0 Å². The highest BCUT2D eigenvalue weighted by molar-refractivity contribution is 5.58. The van der Waals surface area contributed by atoms with Gasteiger partial charge in [-0.2, -0.15) is 0 Å². The lowest BCUT2D eigenvalue weighted by molar-refractivity contribution is 0.628. The Kier molecular flexibility index (Phi) is 3.86. The number of rotatable bonds is 4. The molecule has 0 fully saturated rings. The average Bonchev–Trinajstić information content (AvgIpc) is 2.38. The van der Waals surface area contributed by atoms with Crippen molar-refractivity contribution in [1.82, 2.24) is 4.98 Å². The molecule has 17 heavy (non-hydrogen) atoms. The van der Waals surface area contributed by atoms with Crippen LogP contribution >= 0.6 is 0 Å². The van der Waals surface area contributed by atoms with E-state index < -0.39 is 0 Å². The first-order valence-corrected chi connectivity index (χ1v) is 6.00. The molecule has 0 aliphatic heterocycles. The van der Waals surface area contributed by atoms with Gasteiger partial charge in [0.25, 0.3) is 0 Å². The molecule has 2 aromatic rings. The minimum Gasteiger partial charge on any atom is -0.256 e. The summed E-state index contributed by atoms with van der Waals surface area (Å²) in [5.41, 5.74) is 3.11. The second-order valence-corrected chi connectivity index (χ2v) is 4.16. The van der Waals surface area contributed by atoms with Gasteiger partial charge >= 0.3 is 0 Å². The maximum absolute atomic E-state index is 12.8. The molecule has 0 aliphatic rings. The van der Waals surface area contributed by atoms with Crippen LogP contribution in [-0.2, 0) is 6.42 Å². The molecule has 0 amide bonds. The summed E-state index contributed by atoms with van der Waals surface area (Å²) >= 11 is 0. The van der Waals surface area contributed by atoms with Gasteiger partial charge in [0.2, 0.25) is 0 Å². The molecular formula is C15H16FN. The summed E-state index contributed by atoms with van der Waals surface area (Å²) in [5, 5.41) is 0. The Hall–Kier alpha value is -1.70. The number of halogens is 1. The molecule has 0 atom stereocenters. The van der Waals surface area contributed by atoms with E-state index in [0.29, 0.717) is 0 Å². The monoisotopic (exact) mass is 229 g/mol. The lowest BCUT2D eigenvalue weighted by Gasteiger charge is -2.03. The van der Waals surface area contributed by atoms with Crippen molar-refractivity contribution in [2.75, 3.05) is 0 Å². The topological polar surface area (TPSA) is 12.9 Å². The van der Waals surface area contributed by atoms with Gasteiger partial charge in [0.15, 0.2) is 0 Å². The third kappa shape index (κ3) is 3.13. The summed E-state index contributed by atoms with van der Waals surface area (Å²) < 4.78 is 12.8. The Bertz CT molecular complexity index is 459. The van der Waals surface area contributed by atoms with Crippen LogP contribution in [0.1, 0.15) is 25.3 Å². The molecule has 1 heterocycles. The zero-order valence-corrected chi connectivity index (χ0v) is 9.99. The van der Waals surface area contributed by atoms with Crippen LogP contribution in [0.2, 0.25) is 0 Å². The van der Waals surface area contributed by atoms with Gasteiger partial charge in [-0.1, -0.05) is 19.4 Å². The molecular weight excluding hydrogens is 213 g/mol. The molecule has 0 unspecified atom stereocenters. The summed E-state index contributed by atoms with van der Waals surface area (Å²) in [4.78, 5) is 4.41. The van der Waals surface area contributed by atoms with Crippen LogP contribution in [0.15, 0.2) is 42.6 Å². The Balaban J connectivity index is 2.14. The molecule has 1 aromatic carbocycles. The summed E-state index contributed by atoms with van der Waals surface area (Å²) in [6.45, 7) is 2.18. The van der Waals surface area contributed by atoms with E-state index in [4.69, 9.17) is 0 Å². The van der Waals surface area contributed by atoms with Crippen LogP contribution in [0.5, 0.6) is 0 Å². The van der Waals surface area contributed by atoms with E-state index in [1.54, 1.807) is 12.1 Å². The largest absolute Gasteiger partial charge is 0.256 e. The molecule has 0 saturated carbocycles. The molecule has 2 heteroatoms. The van der Waals surface area contributed by atoms with Crippen molar-refractivity contribution in [3.8, 4) is 11.3 Å². The van der Waals surface area contributed by atoms with Gasteiger partial charge < -0.3 is 0 Å². The van der Waals surface area contributed by atoms with Gasteiger partial charge in [0, 0.05) is 11.8 Å². The van der Waals surface area contributed by atoms with Gasteiger partial charge in [-0.05, 0) is 48.7 Å². The maximum Gasteiger partial charge on any atom is 0.123 e. The van der Waals surface area contributed by atoms with Crippen LogP contribution in [0, 0.1) is 5.82 Å². The van der Waals surface area contributed by atoms with Crippen molar-refractivity contribution in [2.24, 2.45) is 0 Å². The summed E-state index contributed by atoms with van der Waals surface area (Å²) in [7, 11) is 0. The van der Waals surface area contributed by atoms with Crippen molar-refractivity contribution in [2.45, 2.75) is 26.2 Å². The predicted molar refractivity (Wildman–Crippen MR) is 68.2 cm³/mol. The molecule has 0 saturated heterocycles. The fourth-order valence-corrected chi connectivity index (χ4v) is 1.74. The number of nitrogens with zero attached hydrogens (tertiary/aromatic N) is 1. The molecule has 1 nitrogen and oxygen atoms in total. The van der Waals surface area contributed by atoms with Gasteiger partial charge in [-0.15, -0.1) is 0 Å². The highest BCUT2D eigenvalue weighted by Crippen LogP contribution is 2.17. The predicted octanol–water partition coefficient (Wildman–Crippen LogP) is 4.23. The first kappa shape index (κ1) is 11.8. The molecule has 88 valence electrons. The molecule has 0 bridgehead atoms. The average molecular weight is 229 g/mol. The van der Waals surface area contributed by atoms with Crippen molar-refractivity contribution < 1.29 is 4.39 Å². The first-order chi connectivity index (χ1) is 8.29. The number of hydrogen-bond acceptors (Lipinski definition) is 1. The fourth-order valence-electron chi connectivity index (χ4n) is 1.74. The molecule has 0 N–H and O–H groups in total. The number of pyridine rings is 1. The number of unbranched alkanes of at least 4 members (excludes halogenated alkanes) is 1. The Labute approximate surface area is 101 Å². The zero-order chi connectivity index (χ0) is 12.1.